The van der Waals surface area contributed by atoms with Crippen LogP contribution in [0.15, 0.2) is 63.3 Å². The summed E-state index contributed by atoms with van der Waals surface area (Å²) >= 11 is 0. The Hall–Kier alpha value is -4.15. The van der Waals surface area contributed by atoms with Crippen molar-refractivity contribution in [2.75, 3.05) is 79.0 Å². The molecule has 15 nitrogen and oxygen atoms in total. The van der Waals surface area contributed by atoms with E-state index in [1.807, 2.05) is 0 Å². The molecule has 50 heavy (non-hydrogen) atoms. The van der Waals surface area contributed by atoms with Gasteiger partial charge in [0.05, 0.1) is 13.2 Å². The number of amides is 5. The largest absolute Gasteiger partial charge is 0.379 e. The molecule has 15 heteroatoms. The summed E-state index contributed by atoms with van der Waals surface area (Å²) < 4.78 is 30.9. The van der Waals surface area contributed by atoms with Crippen LogP contribution in [0.4, 0.5) is 0 Å². The lowest BCUT2D eigenvalue weighted by Crippen LogP contribution is -2.48. The number of hydrogen-bond donors (Lipinski definition) is 5. The highest BCUT2D eigenvalue weighted by Gasteiger charge is 2.33. The van der Waals surface area contributed by atoms with Crippen molar-refractivity contribution in [2.45, 2.75) is 50.4 Å². The number of hydrogen-bond acceptors (Lipinski definition) is 10. The van der Waals surface area contributed by atoms with Crippen molar-refractivity contribution < 1.29 is 47.7 Å². The molecule has 0 aliphatic carbocycles. The van der Waals surface area contributed by atoms with Crippen molar-refractivity contribution >= 4 is 29.5 Å². The molecule has 0 bridgehead atoms. The van der Waals surface area contributed by atoms with Gasteiger partial charge in [0.15, 0.2) is 0 Å². The maximum atomic E-state index is 11.6. The Morgan fingerprint density at radius 1 is 0.420 bits per heavy atom. The fourth-order valence-corrected chi connectivity index (χ4v) is 4.00. The minimum atomic E-state index is -0.712. The molecule has 0 fully saturated rings. The Morgan fingerprint density at radius 3 is 0.960 bits per heavy atom. The molecule has 0 saturated carbocycles. The number of rotatable bonds is 34. The van der Waals surface area contributed by atoms with Gasteiger partial charge >= 0.3 is 0 Å². The van der Waals surface area contributed by atoms with Crippen LogP contribution in [-0.2, 0) is 47.7 Å². The Labute approximate surface area is 296 Å². The second-order valence-corrected chi connectivity index (χ2v) is 10.5. The number of carbonyl (C=O) groups excluding carboxylic acids is 5. The molecule has 0 aliphatic rings. The van der Waals surface area contributed by atoms with Crippen LogP contribution in [0, 0.1) is 0 Å². The van der Waals surface area contributed by atoms with Gasteiger partial charge in [-0.3, -0.25) is 24.0 Å². The quantitative estimate of drug-likeness (QED) is 0.0469. The van der Waals surface area contributed by atoms with Gasteiger partial charge in [0.2, 0.25) is 29.5 Å². The second-order valence-electron chi connectivity index (χ2n) is 10.5. The van der Waals surface area contributed by atoms with E-state index in [4.69, 9.17) is 23.7 Å². The zero-order valence-electron chi connectivity index (χ0n) is 29.3. The lowest BCUT2D eigenvalue weighted by Gasteiger charge is -2.34. The van der Waals surface area contributed by atoms with Crippen LogP contribution in [0.2, 0.25) is 0 Å². The lowest BCUT2D eigenvalue weighted by molar-refractivity contribution is -0.170. The molecule has 282 valence electrons. The van der Waals surface area contributed by atoms with Crippen LogP contribution in [-0.4, -0.2) is 127 Å². The highest BCUT2D eigenvalue weighted by molar-refractivity contribution is 5.88. The summed E-state index contributed by atoms with van der Waals surface area (Å²) in [6.45, 7) is 20.7. The molecule has 0 unspecified atom stereocenters. The van der Waals surface area contributed by atoms with E-state index in [1.54, 1.807) is 0 Å². The van der Waals surface area contributed by atoms with Crippen molar-refractivity contribution in [3.05, 3.63) is 63.3 Å². The summed E-state index contributed by atoms with van der Waals surface area (Å²) in [5.41, 5.74) is 0. The first-order chi connectivity index (χ1) is 24.2. The van der Waals surface area contributed by atoms with E-state index in [0.29, 0.717) is 78.0 Å². The molecule has 0 aromatic heterocycles. The minimum Gasteiger partial charge on any atom is -0.379 e. The Balaban J connectivity index is 5.88. The van der Waals surface area contributed by atoms with E-state index < -0.39 is 18.3 Å². The first-order valence-electron chi connectivity index (χ1n) is 16.7. The number of carbonyl (C=O) groups is 5. The van der Waals surface area contributed by atoms with Crippen molar-refractivity contribution in [3.63, 3.8) is 0 Å². The zero-order valence-corrected chi connectivity index (χ0v) is 29.3. The van der Waals surface area contributed by atoms with E-state index in [1.165, 1.54) is 30.4 Å². The third-order valence-corrected chi connectivity index (χ3v) is 6.59. The van der Waals surface area contributed by atoms with Gasteiger partial charge in [0, 0.05) is 65.8 Å². The summed E-state index contributed by atoms with van der Waals surface area (Å²) in [6.07, 6.45) is 6.47. The van der Waals surface area contributed by atoms with Crippen molar-refractivity contribution in [1.29, 1.82) is 0 Å². The molecule has 0 aromatic carbocycles. The number of ether oxygens (including phenoxy) is 5. The fraction of sp³-hybridized carbons (Fsp3) is 0.571. The summed E-state index contributed by atoms with van der Waals surface area (Å²) in [7, 11) is 0. The SMILES string of the molecule is C=CC(=O)NCCCOC[C@H](OCCCNC(=O)C=C)[C@@H](OCCCNC(=O)C=C)[C@@H](COCCCNC(=O)C=C)OCCCNC(=O)C=C. The van der Waals surface area contributed by atoms with Crippen molar-refractivity contribution in [3.8, 4) is 0 Å². The predicted molar refractivity (Wildman–Crippen MR) is 190 cm³/mol. The Bertz CT molecular complexity index is 989. The minimum absolute atomic E-state index is 0.106. The highest BCUT2D eigenvalue weighted by Crippen LogP contribution is 2.16. The van der Waals surface area contributed by atoms with Gasteiger partial charge in [-0.05, 0) is 62.5 Å². The molecule has 0 heterocycles. The van der Waals surface area contributed by atoms with Gasteiger partial charge in [-0.25, -0.2) is 0 Å². The molecular weight excluding hydrogens is 650 g/mol. The maximum absolute atomic E-state index is 11.6. The normalized spacial score (nSPS) is 12.3. The van der Waals surface area contributed by atoms with Crippen LogP contribution in [0.25, 0.3) is 0 Å². The first kappa shape index (κ1) is 45.9. The van der Waals surface area contributed by atoms with E-state index in [0.717, 1.165) is 0 Å². The van der Waals surface area contributed by atoms with Gasteiger partial charge in [-0.15, -0.1) is 0 Å². The van der Waals surface area contributed by atoms with Gasteiger partial charge in [-0.2, -0.15) is 0 Å². The van der Waals surface area contributed by atoms with E-state index >= 15 is 0 Å². The molecule has 0 spiro atoms. The maximum Gasteiger partial charge on any atom is 0.243 e. The topological polar surface area (TPSA) is 192 Å². The summed E-state index contributed by atoms with van der Waals surface area (Å²) in [4.78, 5) is 57.8. The highest BCUT2D eigenvalue weighted by atomic mass is 16.6. The van der Waals surface area contributed by atoms with Crippen LogP contribution in [0.3, 0.4) is 0 Å². The molecule has 5 amide bonds. The van der Waals surface area contributed by atoms with Crippen LogP contribution < -0.4 is 26.6 Å². The monoisotopic (exact) mass is 707 g/mol. The van der Waals surface area contributed by atoms with Crippen LogP contribution in [0.1, 0.15) is 32.1 Å². The van der Waals surface area contributed by atoms with E-state index in [2.05, 4.69) is 59.5 Å². The van der Waals surface area contributed by atoms with Gasteiger partial charge in [0.1, 0.15) is 18.3 Å². The third kappa shape index (κ3) is 25.8. The van der Waals surface area contributed by atoms with Gasteiger partial charge < -0.3 is 50.3 Å². The molecule has 0 saturated heterocycles. The molecule has 0 rings (SSSR count). The summed E-state index contributed by atoms with van der Waals surface area (Å²) in [5.74, 6) is -1.44. The van der Waals surface area contributed by atoms with Crippen LogP contribution in [0.5, 0.6) is 0 Å². The van der Waals surface area contributed by atoms with Crippen molar-refractivity contribution in [1.82, 2.24) is 26.6 Å². The molecule has 0 aromatic rings. The average molecular weight is 708 g/mol. The summed E-state index contributed by atoms with van der Waals surface area (Å²) in [6, 6.07) is 0. The second kappa shape index (κ2) is 32.1. The van der Waals surface area contributed by atoms with E-state index in [9.17, 15) is 24.0 Å². The Morgan fingerprint density at radius 2 is 0.680 bits per heavy atom. The smallest absolute Gasteiger partial charge is 0.243 e. The summed E-state index contributed by atoms with van der Waals surface area (Å²) in [5, 5.41) is 13.5. The molecule has 5 N–H and O–H groups in total. The average Bonchev–Trinajstić information content (AvgIpc) is 3.13. The molecular formula is C35H57N5O10. The molecule has 0 radical (unpaired) electrons. The molecule has 3 atom stereocenters. The zero-order chi connectivity index (χ0) is 37.2. The van der Waals surface area contributed by atoms with Crippen LogP contribution >= 0.6 is 0 Å². The van der Waals surface area contributed by atoms with Gasteiger partial charge in [0.25, 0.3) is 0 Å². The predicted octanol–water partition coefficient (Wildman–Crippen LogP) is 0.637. The van der Waals surface area contributed by atoms with Crippen molar-refractivity contribution in [2.24, 2.45) is 0 Å². The van der Waals surface area contributed by atoms with E-state index in [-0.39, 0.29) is 62.6 Å². The number of nitrogens with one attached hydrogen (secondary N) is 5. The van der Waals surface area contributed by atoms with Gasteiger partial charge in [-0.1, -0.05) is 32.9 Å². The molecule has 0 aliphatic heterocycles. The first-order valence-corrected chi connectivity index (χ1v) is 16.7. The Kier molecular flexibility index (Phi) is 29.4. The standard InChI is InChI=1S/C35H57N5O10/c1-6-30(41)36-16-11-21-46-26-28(48-23-13-18-38-32(43)8-3)35(50-25-15-20-40-34(45)10-5)29(49-24-14-19-39-33(44)9-4)27-47-22-12-17-37-31(42)7-2/h6-10,28-29,35H,1-5,11-27H2,(H,36,41)(H,37,42)(H,38,43)(H,39,44)(H,40,45)/t28-,29+,35+. The fourth-order valence-electron chi connectivity index (χ4n) is 4.00. The third-order valence-electron chi connectivity index (χ3n) is 6.59. The lowest BCUT2D eigenvalue weighted by atomic mass is 10.1.